The molecule has 0 heterocycles. The Balaban J connectivity index is 3.37. The second kappa shape index (κ2) is 5.03. The Morgan fingerprint density at radius 2 is 1.94 bits per heavy atom. The number of methoxy groups -OCH3 is 1. The first kappa shape index (κ1) is 14.0. The van der Waals surface area contributed by atoms with Crippen LogP contribution in [0, 0.1) is 0 Å². The lowest BCUT2D eigenvalue weighted by atomic mass is 10.2. The number of nitrogens with zero attached hydrogens (tertiary/aromatic N) is 1. The molecular weight excluding hydrogens is 266 g/mol. The average Bonchev–Trinajstić information content (AvgIpc) is 2.28. The SMILES string of the molecule is COC(=O)c1cc(S(=O)(=O)N(C)C)ccc1Cl. The third-order valence-corrected chi connectivity index (χ3v) is 4.26. The summed E-state index contributed by atoms with van der Waals surface area (Å²) in [5.74, 6) is -0.675. The predicted molar refractivity (Wildman–Crippen MR) is 63.7 cm³/mol. The van der Waals surface area contributed by atoms with E-state index in [2.05, 4.69) is 4.74 Å². The number of carbonyl (C=O) groups excluding carboxylic acids is 1. The lowest BCUT2D eigenvalue weighted by Gasteiger charge is -2.12. The zero-order chi connectivity index (χ0) is 13.2. The van der Waals surface area contributed by atoms with Crippen LogP contribution in [-0.2, 0) is 14.8 Å². The van der Waals surface area contributed by atoms with E-state index in [0.717, 1.165) is 4.31 Å². The van der Waals surface area contributed by atoms with Crippen molar-refractivity contribution < 1.29 is 17.9 Å². The minimum atomic E-state index is -3.59. The fourth-order valence-corrected chi connectivity index (χ4v) is 2.27. The molecule has 1 rings (SSSR count). The maximum atomic E-state index is 11.8. The van der Waals surface area contributed by atoms with Crippen molar-refractivity contribution in [2.24, 2.45) is 0 Å². The Labute approximate surface area is 105 Å². The van der Waals surface area contributed by atoms with Crippen LogP contribution in [0.1, 0.15) is 10.4 Å². The number of rotatable bonds is 3. The molecule has 0 saturated heterocycles. The second-order valence-electron chi connectivity index (χ2n) is 3.42. The Bertz CT molecular complexity index is 539. The molecule has 1 aromatic carbocycles. The summed E-state index contributed by atoms with van der Waals surface area (Å²) in [6, 6.07) is 3.89. The van der Waals surface area contributed by atoms with Crippen molar-refractivity contribution >= 4 is 27.6 Å². The molecule has 0 atom stereocenters. The second-order valence-corrected chi connectivity index (χ2v) is 5.98. The van der Waals surface area contributed by atoms with E-state index in [1.165, 1.54) is 39.4 Å². The molecular formula is C10H12ClNO4S. The zero-order valence-electron chi connectivity index (χ0n) is 9.60. The van der Waals surface area contributed by atoms with Crippen molar-refractivity contribution in [3.05, 3.63) is 28.8 Å². The lowest BCUT2D eigenvalue weighted by molar-refractivity contribution is 0.0600. The number of esters is 1. The molecule has 7 heteroatoms. The minimum absolute atomic E-state index is 0.00713. The maximum Gasteiger partial charge on any atom is 0.339 e. The molecule has 0 aliphatic carbocycles. The van der Waals surface area contributed by atoms with Gasteiger partial charge in [-0.2, -0.15) is 0 Å². The van der Waals surface area contributed by atoms with Crippen LogP contribution in [0.3, 0.4) is 0 Å². The van der Waals surface area contributed by atoms with Crippen LogP contribution < -0.4 is 0 Å². The Morgan fingerprint density at radius 1 is 1.35 bits per heavy atom. The van der Waals surface area contributed by atoms with Gasteiger partial charge < -0.3 is 4.74 Å². The monoisotopic (exact) mass is 277 g/mol. The molecule has 0 N–H and O–H groups in total. The first-order valence-electron chi connectivity index (χ1n) is 4.61. The van der Waals surface area contributed by atoms with Gasteiger partial charge in [0.2, 0.25) is 10.0 Å². The fourth-order valence-electron chi connectivity index (χ4n) is 1.14. The van der Waals surface area contributed by atoms with E-state index >= 15 is 0 Å². The molecule has 17 heavy (non-hydrogen) atoms. The highest BCUT2D eigenvalue weighted by atomic mass is 35.5. The molecule has 0 amide bonds. The van der Waals surface area contributed by atoms with E-state index in [0.29, 0.717) is 0 Å². The van der Waals surface area contributed by atoms with E-state index in [9.17, 15) is 13.2 Å². The highest BCUT2D eigenvalue weighted by Crippen LogP contribution is 2.22. The van der Waals surface area contributed by atoms with Crippen molar-refractivity contribution in [2.45, 2.75) is 4.90 Å². The van der Waals surface area contributed by atoms with Gasteiger partial charge in [-0.25, -0.2) is 17.5 Å². The van der Waals surface area contributed by atoms with Gasteiger partial charge in [-0.15, -0.1) is 0 Å². The summed E-state index contributed by atoms with van der Waals surface area (Å²) < 4.78 is 29.2. The molecule has 0 unspecified atom stereocenters. The number of hydrogen-bond acceptors (Lipinski definition) is 4. The number of sulfonamides is 1. The van der Waals surface area contributed by atoms with Crippen LogP contribution in [0.5, 0.6) is 0 Å². The highest BCUT2D eigenvalue weighted by molar-refractivity contribution is 7.89. The standard InChI is InChI=1S/C10H12ClNO4S/c1-12(2)17(14,15)7-4-5-9(11)8(6-7)10(13)16-3/h4-6H,1-3H3. The topological polar surface area (TPSA) is 63.7 Å². The molecule has 1 aromatic rings. The first-order valence-corrected chi connectivity index (χ1v) is 6.43. The number of ether oxygens (including phenoxy) is 1. The van der Waals surface area contributed by atoms with Gasteiger partial charge in [0.15, 0.2) is 0 Å². The van der Waals surface area contributed by atoms with E-state index in [1.807, 2.05) is 0 Å². The van der Waals surface area contributed by atoms with Crippen LogP contribution >= 0.6 is 11.6 Å². The van der Waals surface area contributed by atoms with Crippen molar-refractivity contribution in [3.63, 3.8) is 0 Å². The third kappa shape index (κ3) is 2.77. The maximum absolute atomic E-state index is 11.8. The van der Waals surface area contributed by atoms with E-state index in [-0.39, 0.29) is 15.5 Å². The summed E-state index contributed by atoms with van der Waals surface area (Å²) in [6.45, 7) is 0. The van der Waals surface area contributed by atoms with Gasteiger partial charge in [0.1, 0.15) is 0 Å². The number of hydrogen-bond donors (Lipinski definition) is 0. The van der Waals surface area contributed by atoms with Gasteiger partial charge in [0, 0.05) is 14.1 Å². The van der Waals surface area contributed by atoms with Gasteiger partial charge in [0.25, 0.3) is 0 Å². The molecule has 5 nitrogen and oxygen atoms in total. The Kier molecular flexibility index (Phi) is 4.13. The molecule has 94 valence electrons. The average molecular weight is 278 g/mol. The van der Waals surface area contributed by atoms with Gasteiger partial charge in [-0.05, 0) is 18.2 Å². The molecule has 0 spiro atoms. The fraction of sp³-hybridized carbons (Fsp3) is 0.300. The number of benzene rings is 1. The van der Waals surface area contributed by atoms with Gasteiger partial charge in [0.05, 0.1) is 22.6 Å². The summed E-state index contributed by atoms with van der Waals surface area (Å²) in [6.07, 6.45) is 0. The van der Waals surface area contributed by atoms with Crippen molar-refractivity contribution in [1.29, 1.82) is 0 Å². The van der Waals surface area contributed by atoms with E-state index in [4.69, 9.17) is 11.6 Å². The molecule has 0 radical (unpaired) electrons. The largest absolute Gasteiger partial charge is 0.465 e. The van der Waals surface area contributed by atoms with Crippen LogP contribution in [0.15, 0.2) is 23.1 Å². The van der Waals surface area contributed by atoms with Gasteiger partial charge >= 0.3 is 5.97 Å². The van der Waals surface area contributed by atoms with Crippen LogP contribution in [0.4, 0.5) is 0 Å². The third-order valence-electron chi connectivity index (χ3n) is 2.12. The van der Waals surface area contributed by atoms with Crippen LogP contribution in [-0.4, -0.2) is 39.9 Å². The summed E-state index contributed by atoms with van der Waals surface area (Å²) >= 11 is 5.79. The van der Waals surface area contributed by atoms with Crippen molar-refractivity contribution in [1.82, 2.24) is 4.31 Å². The molecule has 0 bridgehead atoms. The lowest BCUT2D eigenvalue weighted by Crippen LogP contribution is -2.22. The van der Waals surface area contributed by atoms with Gasteiger partial charge in [-0.3, -0.25) is 0 Å². The quantitative estimate of drug-likeness (QED) is 0.783. The minimum Gasteiger partial charge on any atom is -0.465 e. The van der Waals surface area contributed by atoms with E-state index < -0.39 is 16.0 Å². The summed E-state index contributed by atoms with van der Waals surface area (Å²) in [4.78, 5) is 11.4. The van der Waals surface area contributed by atoms with Crippen LogP contribution in [0.2, 0.25) is 5.02 Å². The molecule has 0 saturated carbocycles. The normalized spacial score (nSPS) is 11.6. The Morgan fingerprint density at radius 3 is 2.41 bits per heavy atom. The smallest absolute Gasteiger partial charge is 0.339 e. The van der Waals surface area contributed by atoms with Crippen molar-refractivity contribution in [3.8, 4) is 0 Å². The molecule has 0 aromatic heterocycles. The Hall–Kier alpha value is -1.11. The predicted octanol–water partition coefficient (Wildman–Crippen LogP) is 1.38. The van der Waals surface area contributed by atoms with Gasteiger partial charge in [-0.1, -0.05) is 11.6 Å². The summed E-state index contributed by atoms with van der Waals surface area (Å²) in [5, 5.41) is 0.148. The highest BCUT2D eigenvalue weighted by Gasteiger charge is 2.20. The van der Waals surface area contributed by atoms with E-state index in [1.54, 1.807) is 0 Å². The molecule has 0 fully saturated rings. The zero-order valence-corrected chi connectivity index (χ0v) is 11.2. The molecule has 0 aliphatic rings. The van der Waals surface area contributed by atoms with Crippen molar-refractivity contribution in [2.75, 3.05) is 21.2 Å². The summed E-state index contributed by atoms with van der Waals surface area (Å²) in [7, 11) is 0.418. The molecule has 0 aliphatic heterocycles. The number of halogens is 1. The first-order chi connectivity index (χ1) is 7.80. The number of carbonyl (C=O) groups is 1. The summed E-state index contributed by atoms with van der Waals surface area (Å²) in [5.41, 5.74) is 0.0251. The van der Waals surface area contributed by atoms with Crippen LogP contribution in [0.25, 0.3) is 0 Å².